The summed E-state index contributed by atoms with van der Waals surface area (Å²) >= 11 is 11.8. The van der Waals surface area contributed by atoms with E-state index in [0.29, 0.717) is 11.2 Å². The molecule has 2 aromatic rings. The predicted octanol–water partition coefficient (Wildman–Crippen LogP) is 4.55. The molecule has 124 valence electrons. The first-order chi connectivity index (χ1) is 10.6. The molecule has 0 radical (unpaired) electrons. The molecular formula is C14H11Cl2F3N2O2. The van der Waals surface area contributed by atoms with Crippen LogP contribution in [0.2, 0.25) is 10.0 Å². The number of nitrogens with zero attached hydrogens (tertiary/aromatic N) is 2. The Morgan fingerprint density at radius 2 is 2.00 bits per heavy atom. The number of alkyl halides is 3. The highest BCUT2D eigenvalue weighted by atomic mass is 35.5. The van der Waals surface area contributed by atoms with Crippen LogP contribution >= 0.6 is 23.2 Å². The van der Waals surface area contributed by atoms with E-state index in [4.69, 9.17) is 27.9 Å². The molecular weight excluding hydrogens is 356 g/mol. The summed E-state index contributed by atoms with van der Waals surface area (Å²) in [7, 11) is 0. The summed E-state index contributed by atoms with van der Waals surface area (Å²) < 4.78 is 45.4. The monoisotopic (exact) mass is 366 g/mol. The van der Waals surface area contributed by atoms with Crippen LogP contribution in [0.3, 0.4) is 0 Å². The summed E-state index contributed by atoms with van der Waals surface area (Å²) in [5, 5.41) is 4.10. The van der Waals surface area contributed by atoms with Crippen LogP contribution in [0.5, 0.6) is 5.88 Å². The van der Waals surface area contributed by atoms with Crippen LogP contribution in [-0.2, 0) is 11.0 Å². The second-order valence-corrected chi connectivity index (χ2v) is 5.58. The summed E-state index contributed by atoms with van der Waals surface area (Å²) in [6.07, 6.45) is -5.14. The number of ether oxygens (including phenoxy) is 1. The number of hydrogen-bond donors (Lipinski definition) is 0. The molecule has 1 aromatic carbocycles. The fourth-order valence-electron chi connectivity index (χ4n) is 1.72. The van der Waals surface area contributed by atoms with E-state index in [1.54, 1.807) is 0 Å². The van der Waals surface area contributed by atoms with Crippen LogP contribution in [0.1, 0.15) is 19.4 Å². The number of carbonyl (C=O) groups excluding carboxylic acids is 1. The van der Waals surface area contributed by atoms with E-state index < -0.39 is 29.5 Å². The Morgan fingerprint density at radius 3 is 2.52 bits per heavy atom. The number of benzene rings is 1. The first-order valence-corrected chi connectivity index (χ1v) is 7.14. The number of rotatable bonds is 4. The molecule has 1 heterocycles. The number of Topliss-reactive ketones (excluding diaryl/α,β-unsaturated/α-hetero) is 1. The number of halogens is 5. The van der Waals surface area contributed by atoms with Crippen molar-refractivity contribution >= 4 is 29.0 Å². The van der Waals surface area contributed by atoms with Gasteiger partial charge in [0.05, 0.1) is 16.9 Å². The minimum atomic E-state index is -4.69. The van der Waals surface area contributed by atoms with Crippen molar-refractivity contribution in [2.24, 2.45) is 0 Å². The molecule has 0 aliphatic rings. The second-order valence-electron chi connectivity index (χ2n) is 4.74. The Kier molecular flexibility index (Phi) is 4.91. The van der Waals surface area contributed by atoms with Gasteiger partial charge in [-0.25, -0.2) is 0 Å². The van der Waals surface area contributed by atoms with Gasteiger partial charge in [0, 0.05) is 5.02 Å². The summed E-state index contributed by atoms with van der Waals surface area (Å²) in [5.74, 6) is -1.03. The lowest BCUT2D eigenvalue weighted by atomic mass is 10.2. The highest BCUT2D eigenvalue weighted by Gasteiger charge is 2.38. The van der Waals surface area contributed by atoms with Crippen LogP contribution in [0.15, 0.2) is 24.4 Å². The van der Waals surface area contributed by atoms with E-state index in [9.17, 15) is 18.0 Å². The Balaban J connectivity index is 2.59. The van der Waals surface area contributed by atoms with Gasteiger partial charge in [-0.2, -0.15) is 23.0 Å². The SMILES string of the molecule is CC(=O)C(C)Oc1c(C(F)(F)F)cnn1-c1ccc(Cl)cc1Cl. The average molecular weight is 367 g/mol. The zero-order valence-electron chi connectivity index (χ0n) is 12.0. The molecule has 0 N–H and O–H groups in total. The zero-order valence-corrected chi connectivity index (χ0v) is 13.5. The average Bonchev–Trinajstić information content (AvgIpc) is 2.82. The lowest BCUT2D eigenvalue weighted by Gasteiger charge is -2.16. The first kappa shape index (κ1) is 17.6. The fourth-order valence-corrected chi connectivity index (χ4v) is 2.21. The lowest BCUT2D eigenvalue weighted by Crippen LogP contribution is -2.23. The molecule has 0 saturated carbocycles. The molecule has 2 rings (SSSR count). The number of hydrogen-bond acceptors (Lipinski definition) is 3. The molecule has 0 spiro atoms. The smallest absolute Gasteiger partial charge is 0.423 e. The number of carbonyl (C=O) groups is 1. The standard InChI is InChI=1S/C14H11Cl2F3N2O2/c1-7(22)8(2)23-13-10(14(17,18)19)6-20-21(13)12-4-3-9(15)5-11(12)16/h3-6,8H,1-2H3. The third-order valence-electron chi connectivity index (χ3n) is 3.03. The highest BCUT2D eigenvalue weighted by Crippen LogP contribution is 2.39. The van der Waals surface area contributed by atoms with Gasteiger partial charge in [-0.05, 0) is 32.0 Å². The van der Waals surface area contributed by atoms with Crippen LogP contribution in [0.4, 0.5) is 13.2 Å². The van der Waals surface area contributed by atoms with Crippen LogP contribution < -0.4 is 4.74 Å². The van der Waals surface area contributed by atoms with Crippen molar-refractivity contribution in [2.45, 2.75) is 26.1 Å². The van der Waals surface area contributed by atoms with E-state index in [-0.39, 0.29) is 10.7 Å². The van der Waals surface area contributed by atoms with Gasteiger partial charge in [-0.1, -0.05) is 23.2 Å². The zero-order chi connectivity index (χ0) is 17.4. The lowest BCUT2D eigenvalue weighted by molar-refractivity contribution is -0.140. The quantitative estimate of drug-likeness (QED) is 0.796. The third kappa shape index (κ3) is 3.79. The Labute approximate surface area is 139 Å². The first-order valence-electron chi connectivity index (χ1n) is 6.39. The van der Waals surface area contributed by atoms with Gasteiger partial charge in [0.15, 0.2) is 11.9 Å². The van der Waals surface area contributed by atoms with Crippen LogP contribution in [0, 0.1) is 0 Å². The largest absolute Gasteiger partial charge is 0.466 e. The number of aromatic nitrogens is 2. The molecule has 0 bridgehead atoms. The van der Waals surface area contributed by atoms with Gasteiger partial charge < -0.3 is 4.74 Å². The van der Waals surface area contributed by atoms with Gasteiger partial charge in [0.2, 0.25) is 5.88 Å². The van der Waals surface area contributed by atoms with Crippen LogP contribution in [-0.4, -0.2) is 21.7 Å². The minimum absolute atomic E-state index is 0.0923. The highest BCUT2D eigenvalue weighted by molar-refractivity contribution is 6.35. The molecule has 0 amide bonds. The van der Waals surface area contributed by atoms with Crippen molar-refractivity contribution in [3.8, 4) is 11.6 Å². The Bertz CT molecular complexity index is 744. The topological polar surface area (TPSA) is 44.1 Å². The van der Waals surface area contributed by atoms with Crippen molar-refractivity contribution in [1.29, 1.82) is 0 Å². The summed E-state index contributed by atoms with van der Waals surface area (Å²) in [4.78, 5) is 11.3. The molecule has 23 heavy (non-hydrogen) atoms. The van der Waals surface area contributed by atoms with E-state index >= 15 is 0 Å². The molecule has 0 aliphatic heterocycles. The Morgan fingerprint density at radius 1 is 1.35 bits per heavy atom. The minimum Gasteiger partial charge on any atom is -0.466 e. The summed E-state index contributed by atoms with van der Waals surface area (Å²) in [6.45, 7) is 2.57. The number of ketones is 1. The molecule has 0 aliphatic carbocycles. The molecule has 0 saturated heterocycles. The van der Waals surface area contributed by atoms with Crippen molar-refractivity contribution in [3.05, 3.63) is 40.0 Å². The van der Waals surface area contributed by atoms with E-state index in [1.807, 2.05) is 0 Å². The van der Waals surface area contributed by atoms with Gasteiger partial charge >= 0.3 is 6.18 Å². The maximum atomic E-state index is 13.1. The van der Waals surface area contributed by atoms with Crippen molar-refractivity contribution < 1.29 is 22.7 Å². The normalized spacial score (nSPS) is 13.0. The maximum Gasteiger partial charge on any atom is 0.423 e. The summed E-state index contributed by atoms with van der Waals surface area (Å²) in [5.41, 5.74) is -0.950. The Hall–Kier alpha value is -1.73. The summed E-state index contributed by atoms with van der Waals surface area (Å²) in [6, 6.07) is 4.23. The fraction of sp³-hybridized carbons (Fsp3) is 0.286. The molecule has 1 unspecified atom stereocenters. The van der Waals surface area contributed by atoms with Gasteiger partial charge in [0.1, 0.15) is 5.56 Å². The van der Waals surface area contributed by atoms with Gasteiger partial charge in [-0.15, -0.1) is 0 Å². The third-order valence-corrected chi connectivity index (χ3v) is 3.57. The molecule has 1 atom stereocenters. The van der Waals surface area contributed by atoms with Crippen molar-refractivity contribution in [3.63, 3.8) is 0 Å². The van der Waals surface area contributed by atoms with Crippen molar-refractivity contribution in [1.82, 2.24) is 9.78 Å². The molecule has 4 nitrogen and oxygen atoms in total. The van der Waals surface area contributed by atoms with E-state index in [1.165, 1.54) is 32.0 Å². The predicted molar refractivity (Wildman–Crippen MR) is 79.4 cm³/mol. The van der Waals surface area contributed by atoms with E-state index in [0.717, 1.165) is 4.68 Å². The van der Waals surface area contributed by atoms with Gasteiger partial charge in [-0.3, -0.25) is 4.79 Å². The van der Waals surface area contributed by atoms with Gasteiger partial charge in [0.25, 0.3) is 0 Å². The van der Waals surface area contributed by atoms with Crippen molar-refractivity contribution in [2.75, 3.05) is 0 Å². The molecule has 1 aromatic heterocycles. The molecule has 9 heteroatoms. The van der Waals surface area contributed by atoms with E-state index in [2.05, 4.69) is 5.10 Å². The molecule has 0 fully saturated rings. The maximum absolute atomic E-state index is 13.1. The van der Waals surface area contributed by atoms with Crippen LogP contribution in [0.25, 0.3) is 5.69 Å². The second kappa shape index (κ2) is 6.41.